The van der Waals surface area contributed by atoms with Gasteiger partial charge in [0.15, 0.2) is 6.10 Å². The Labute approximate surface area is 345 Å². The second-order valence-electron chi connectivity index (χ2n) is 16.8. The Balaban J connectivity index is 0.000000335. The van der Waals surface area contributed by atoms with Crippen LogP contribution in [0.3, 0.4) is 0 Å². The van der Waals surface area contributed by atoms with Gasteiger partial charge in [0.05, 0.1) is 49.3 Å². The van der Waals surface area contributed by atoms with Crippen molar-refractivity contribution in [2.24, 2.45) is 0 Å². The van der Waals surface area contributed by atoms with Gasteiger partial charge in [0.1, 0.15) is 23.8 Å². The maximum atomic E-state index is 11.9. The lowest BCUT2D eigenvalue weighted by Crippen LogP contribution is -2.46. The van der Waals surface area contributed by atoms with Crippen molar-refractivity contribution in [3.05, 3.63) is 0 Å². The molecule has 4 aliphatic rings. The molecular weight excluding hydrogens is 728 g/mol. The highest BCUT2D eigenvalue weighted by Gasteiger charge is 2.47. The highest BCUT2D eigenvalue weighted by molar-refractivity contribution is 5.76. The molecule has 0 saturated carbocycles. The molecule has 1 N–H and O–H groups in total. The number of hydrogen-bond donors (Lipinski definition) is 1. The lowest BCUT2D eigenvalue weighted by molar-refractivity contribution is -0.200. The number of carbonyl (C=O) groups is 4. The van der Waals surface area contributed by atoms with E-state index in [1.54, 1.807) is 27.7 Å². The summed E-state index contributed by atoms with van der Waals surface area (Å²) >= 11 is 0. The molecule has 11 nitrogen and oxygen atoms in total. The number of aliphatic hydroxyl groups excluding tert-OH is 1. The van der Waals surface area contributed by atoms with E-state index in [9.17, 15) is 19.2 Å². The van der Waals surface area contributed by atoms with Gasteiger partial charge in [-0.1, -0.05) is 97.3 Å². The number of Topliss-reactive ketones (excluding diaryl/α,β-unsaturated/α-hetero) is 2. The Morgan fingerprint density at radius 1 is 0.561 bits per heavy atom. The van der Waals surface area contributed by atoms with E-state index in [4.69, 9.17) is 28.8 Å². The average Bonchev–Trinajstić information content (AvgIpc) is 4.11. The lowest BCUT2D eigenvalue weighted by atomic mass is 9.98. The second-order valence-corrected chi connectivity index (χ2v) is 16.8. The monoisotopic (exact) mass is 811 g/mol. The topological polar surface area (TPSA) is 154 Å². The number of hydrogen-bond acceptors (Lipinski definition) is 11. The smallest absolute Gasteiger partial charge is 0.335 e. The molecule has 0 radical (unpaired) electrons. The van der Waals surface area contributed by atoms with E-state index in [0.29, 0.717) is 49.3 Å². The van der Waals surface area contributed by atoms with E-state index in [2.05, 4.69) is 18.6 Å². The van der Waals surface area contributed by atoms with Crippen LogP contribution in [0, 0.1) is 0 Å². The van der Waals surface area contributed by atoms with Gasteiger partial charge < -0.3 is 43.1 Å². The Morgan fingerprint density at radius 3 is 1.30 bits per heavy atom. The van der Waals surface area contributed by atoms with Crippen molar-refractivity contribution in [3.63, 3.8) is 0 Å². The van der Waals surface area contributed by atoms with E-state index in [0.717, 1.165) is 70.6 Å². The van der Waals surface area contributed by atoms with Crippen molar-refractivity contribution in [3.8, 4) is 0 Å². The van der Waals surface area contributed by atoms with Gasteiger partial charge in [-0.25, -0.2) is 9.59 Å². The molecule has 10 atom stereocenters. The zero-order valence-electron chi connectivity index (χ0n) is 37.0. The van der Waals surface area contributed by atoms with Gasteiger partial charge in [-0.05, 0) is 79.6 Å². The van der Waals surface area contributed by atoms with Crippen molar-refractivity contribution in [1.82, 2.24) is 0 Å². The molecule has 332 valence electrons. The fraction of sp³-hybridized carbons (Fsp3) is 0.913. The molecule has 4 aliphatic heterocycles. The second kappa shape index (κ2) is 30.2. The summed E-state index contributed by atoms with van der Waals surface area (Å²) in [6, 6.07) is 0. The van der Waals surface area contributed by atoms with Crippen LogP contribution in [0.1, 0.15) is 203 Å². The molecule has 57 heavy (non-hydrogen) atoms. The number of epoxide rings is 3. The Hall–Kier alpha value is -1.92. The van der Waals surface area contributed by atoms with E-state index in [1.165, 1.54) is 84.0 Å². The van der Waals surface area contributed by atoms with Crippen LogP contribution in [0.4, 0.5) is 0 Å². The standard InChI is InChI=1S/C22H38O5.C19H34O3.C5H10O3/c1-4-5-9-13-18-21(26-18)15-20-19(27-22(24)17(3)25-20)14-11-8-6-7-10-12-16(2)23;1-3-4-8-12-16-18(21-16)14-19-17(22-19)13-10-7-5-6-9-11-15(2)20;1-3-8-5(7)4(2)6/h17-21H,4-15H2,1-3H3;16-19H,3-14H2,1-2H3;4,6H,3H2,1-2H3. The molecular formula is C46H82O11. The van der Waals surface area contributed by atoms with Gasteiger partial charge >= 0.3 is 11.9 Å². The van der Waals surface area contributed by atoms with Gasteiger partial charge in [0, 0.05) is 25.7 Å². The third kappa shape index (κ3) is 24.7. The van der Waals surface area contributed by atoms with Crippen molar-refractivity contribution < 1.29 is 52.7 Å². The Morgan fingerprint density at radius 2 is 0.930 bits per heavy atom. The SMILES string of the molecule is CCCCCC1OC1CC1OC(C)C(=O)OC1CCCCCCCC(C)=O.CCCCCC1OC1CC1OC1CCCCCCCC(C)=O.CCOC(=O)C(C)O. The van der Waals surface area contributed by atoms with Gasteiger partial charge in [-0.2, -0.15) is 0 Å². The molecule has 11 heteroatoms. The van der Waals surface area contributed by atoms with Crippen molar-refractivity contribution >= 4 is 23.5 Å². The molecule has 4 heterocycles. The maximum absolute atomic E-state index is 11.9. The van der Waals surface area contributed by atoms with Crippen LogP contribution in [-0.2, 0) is 47.6 Å². The minimum absolute atomic E-state index is 0.0448. The van der Waals surface area contributed by atoms with E-state index >= 15 is 0 Å². The largest absolute Gasteiger partial charge is 0.464 e. The van der Waals surface area contributed by atoms with Crippen LogP contribution in [0.15, 0.2) is 0 Å². The van der Waals surface area contributed by atoms with Crippen LogP contribution in [0.25, 0.3) is 0 Å². The van der Waals surface area contributed by atoms with Gasteiger partial charge in [0.25, 0.3) is 0 Å². The van der Waals surface area contributed by atoms with Crippen LogP contribution in [0.5, 0.6) is 0 Å². The Kier molecular flexibility index (Phi) is 27.1. The molecule has 0 bridgehead atoms. The maximum Gasteiger partial charge on any atom is 0.335 e. The number of ketones is 2. The first-order valence-corrected chi connectivity index (χ1v) is 23.1. The predicted molar refractivity (Wildman–Crippen MR) is 222 cm³/mol. The number of aliphatic hydroxyl groups is 1. The van der Waals surface area contributed by atoms with E-state index < -0.39 is 18.2 Å². The summed E-state index contributed by atoms with van der Waals surface area (Å²) in [4.78, 5) is 44.0. The summed E-state index contributed by atoms with van der Waals surface area (Å²) in [5.41, 5.74) is 0. The quantitative estimate of drug-likeness (QED) is 0.0419. The number of esters is 2. The number of rotatable bonds is 30. The Bertz CT molecular complexity index is 1110. The number of ether oxygens (including phenoxy) is 6. The molecule has 0 aromatic rings. The molecule has 10 unspecified atom stereocenters. The molecule has 0 aromatic carbocycles. The predicted octanol–water partition coefficient (Wildman–Crippen LogP) is 9.48. The fourth-order valence-electron chi connectivity index (χ4n) is 7.51. The average molecular weight is 811 g/mol. The van der Waals surface area contributed by atoms with Gasteiger partial charge in [-0.15, -0.1) is 0 Å². The summed E-state index contributed by atoms with van der Waals surface area (Å²) < 4.78 is 33.4. The molecule has 0 aromatic heterocycles. The summed E-state index contributed by atoms with van der Waals surface area (Å²) in [5.74, 6) is -0.209. The molecule has 4 saturated heterocycles. The number of cyclic esters (lactones) is 1. The van der Waals surface area contributed by atoms with Crippen molar-refractivity contribution in [2.75, 3.05) is 6.61 Å². The highest BCUT2D eigenvalue weighted by atomic mass is 16.6. The van der Waals surface area contributed by atoms with Gasteiger partial charge in [0.2, 0.25) is 0 Å². The van der Waals surface area contributed by atoms with Crippen molar-refractivity contribution in [1.29, 1.82) is 0 Å². The first-order chi connectivity index (χ1) is 27.4. The summed E-state index contributed by atoms with van der Waals surface area (Å²) in [6.07, 6.45) is 27.9. The van der Waals surface area contributed by atoms with Crippen LogP contribution in [0.2, 0.25) is 0 Å². The third-order valence-corrected chi connectivity index (χ3v) is 11.2. The first-order valence-electron chi connectivity index (χ1n) is 23.1. The first kappa shape index (κ1) is 51.2. The summed E-state index contributed by atoms with van der Waals surface area (Å²) in [6.45, 7) is 13.0. The molecule has 0 aliphatic carbocycles. The van der Waals surface area contributed by atoms with E-state index in [-0.39, 0.29) is 30.1 Å². The zero-order chi connectivity index (χ0) is 42.0. The highest BCUT2D eigenvalue weighted by Crippen LogP contribution is 2.39. The van der Waals surface area contributed by atoms with Crippen molar-refractivity contribution in [2.45, 2.75) is 264 Å². The summed E-state index contributed by atoms with van der Waals surface area (Å²) in [7, 11) is 0. The minimum Gasteiger partial charge on any atom is -0.464 e. The molecule has 4 fully saturated rings. The van der Waals surface area contributed by atoms with Crippen LogP contribution in [-0.4, -0.2) is 96.3 Å². The van der Waals surface area contributed by atoms with Gasteiger partial charge in [-0.3, -0.25) is 0 Å². The normalized spacial score (nSPS) is 27.5. The minimum atomic E-state index is -0.991. The summed E-state index contributed by atoms with van der Waals surface area (Å²) in [5, 5.41) is 8.48. The lowest BCUT2D eigenvalue weighted by Gasteiger charge is -2.34. The third-order valence-electron chi connectivity index (χ3n) is 11.2. The molecule has 0 amide bonds. The molecule has 4 rings (SSSR count). The van der Waals surface area contributed by atoms with E-state index in [1.807, 2.05) is 0 Å². The van der Waals surface area contributed by atoms with Crippen LogP contribution >= 0.6 is 0 Å². The van der Waals surface area contributed by atoms with Crippen LogP contribution < -0.4 is 0 Å². The zero-order valence-corrected chi connectivity index (χ0v) is 37.0. The number of unbranched alkanes of at least 4 members (excludes halogenated alkanes) is 12. The fourth-order valence-corrected chi connectivity index (χ4v) is 7.51. The molecule has 0 spiro atoms. The number of carbonyl (C=O) groups excluding carboxylic acids is 4.